The Kier molecular flexibility index (Phi) is 3.83. The van der Waals surface area contributed by atoms with Gasteiger partial charge in [0, 0.05) is 24.4 Å². The number of Topliss-reactive ketones (excluding diaryl/α,β-unsaturated/α-hetero) is 1. The normalized spacial score (nSPS) is 25.4. The molecule has 0 bridgehead atoms. The van der Waals surface area contributed by atoms with Gasteiger partial charge in [0.15, 0.2) is 0 Å². The molecule has 2 nitrogen and oxygen atoms in total. The molecule has 1 unspecified atom stereocenters. The lowest BCUT2D eigenvalue weighted by Crippen LogP contribution is -2.35. The molecule has 2 heteroatoms. The molecule has 1 saturated carbocycles. The van der Waals surface area contributed by atoms with Crippen molar-refractivity contribution in [1.29, 1.82) is 0 Å². The van der Waals surface area contributed by atoms with E-state index in [-0.39, 0.29) is 11.3 Å². The lowest BCUT2D eigenvalue weighted by Gasteiger charge is -2.28. The SMILES string of the molecule is CN(CC1CCC(C)(C)C1=O)CC(C)(C)C. The molecule has 0 aromatic heterocycles. The van der Waals surface area contributed by atoms with Gasteiger partial charge in [-0.3, -0.25) is 4.79 Å². The van der Waals surface area contributed by atoms with Crippen LogP contribution in [-0.2, 0) is 4.79 Å². The monoisotopic (exact) mass is 225 g/mol. The first kappa shape index (κ1) is 13.7. The van der Waals surface area contributed by atoms with Crippen molar-refractivity contribution in [2.24, 2.45) is 16.7 Å². The summed E-state index contributed by atoms with van der Waals surface area (Å²) in [6.45, 7) is 12.9. The molecule has 1 fully saturated rings. The van der Waals surface area contributed by atoms with Crippen molar-refractivity contribution < 1.29 is 4.79 Å². The fourth-order valence-electron chi connectivity index (χ4n) is 2.77. The van der Waals surface area contributed by atoms with Gasteiger partial charge >= 0.3 is 0 Å². The Labute approximate surface area is 100 Å². The molecule has 0 aromatic rings. The topological polar surface area (TPSA) is 20.3 Å². The van der Waals surface area contributed by atoms with Crippen LogP contribution in [0.3, 0.4) is 0 Å². The fraction of sp³-hybridized carbons (Fsp3) is 0.929. The lowest BCUT2D eigenvalue weighted by molar-refractivity contribution is -0.127. The molecule has 0 aromatic carbocycles. The fourth-order valence-corrected chi connectivity index (χ4v) is 2.77. The van der Waals surface area contributed by atoms with Gasteiger partial charge in [-0.1, -0.05) is 34.6 Å². The van der Waals surface area contributed by atoms with Gasteiger partial charge in [0.25, 0.3) is 0 Å². The summed E-state index contributed by atoms with van der Waals surface area (Å²) >= 11 is 0. The van der Waals surface area contributed by atoms with Crippen LogP contribution >= 0.6 is 0 Å². The van der Waals surface area contributed by atoms with E-state index < -0.39 is 0 Å². The second-order valence-electron chi connectivity index (χ2n) is 7.24. The van der Waals surface area contributed by atoms with Crippen LogP contribution in [0.2, 0.25) is 0 Å². The van der Waals surface area contributed by atoms with Crippen molar-refractivity contribution in [3.05, 3.63) is 0 Å². The standard InChI is InChI=1S/C14H27NO/c1-13(2,3)10-15(6)9-11-7-8-14(4,5)12(11)16/h11H,7-10H2,1-6H3. The Morgan fingerprint density at radius 3 is 2.31 bits per heavy atom. The molecule has 0 N–H and O–H groups in total. The van der Waals surface area contributed by atoms with E-state index >= 15 is 0 Å². The van der Waals surface area contributed by atoms with Crippen molar-refractivity contribution in [3.8, 4) is 0 Å². The second kappa shape index (κ2) is 4.48. The minimum Gasteiger partial charge on any atom is -0.305 e. The maximum absolute atomic E-state index is 12.1. The Morgan fingerprint density at radius 1 is 1.38 bits per heavy atom. The van der Waals surface area contributed by atoms with E-state index in [0.717, 1.165) is 25.9 Å². The zero-order chi connectivity index (χ0) is 12.6. The number of hydrogen-bond acceptors (Lipinski definition) is 2. The molecule has 0 aliphatic heterocycles. The predicted molar refractivity (Wildman–Crippen MR) is 68.5 cm³/mol. The number of hydrogen-bond donors (Lipinski definition) is 0. The third kappa shape index (κ3) is 3.58. The number of rotatable bonds is 3. The molecule has 1 aliphatic rings. The average molecular weight is 225 g/mol. The Morgan fingerprint density at radius 2 is 1.94 bits per heavy atom. The molecular formula is C14H27NO. The Hall–Kier alpha value is -0.370. The Balaban J connectivity index is 2.48. The van der Waals surface area contributed by atoms with E-state index in [9.17, 15) is 4.79 Å². The van der Waals surface area contributed by atoms with Gasteiger partial charge in [0.05, 0.1) is 0 Å². The van der Waals surface area contributed by atoms with Gasteiger partial charge in [-0.25, -0.2) is 0 Å². The van der Waals surface area contributed by atoms with Gasteiger partial charge < -0.3 is 4.90 Å². The zero-order valence-corrected chi connectivity index (χ0v) is 11.8. The third-order valence-electron chi connectivity index (χ3n) is 3.43. The average Bonchev–Trinajstić information content (AvgIpc) is 2.28. The molecule has 1 rings (SSSR count). The molecule has 0 radical (unpaired) electrons. The van der Waals surface area contributed by atoms with Gasteiger partial charge in [-0.05, 0) is 25.3 Å². The second-order valence-corrected chi connectivity index (χ2v) is 7.24. The molecule has 1 aliphatic carbocycles. The molecule has 0 spiro atoms. The highest BCUT2D eigenvalue weighted by molar-refractivity contribution is 5.88. The summed E-state index contributed by atoms with van der Waals surface area (Å²) in [5.74, 6) is 0.732. The van der Waals surface area contributed by atoms with Gasteiger partial charge in [0.2, 0.25) is 0 Å². The molecule has 0 saturated heterocycles. The highest BCUT2D eigenvalue weighted by Gasteiger charge is 2.40. The van der Waals surface area contributed by atoms with Crippen molar-refractivity contribution in [2.45, 2.75) is 47.5 Å². The van der Waals surface area contributed by atoms with Crippen LogP contribution in [0.5, 0.6) is 0 Å². The summed E-state index contributed by atoms with van der Waals surface area (Å²) in [5, 5.41) is 0. The summed E-state index contributed by atoms with van der Waals surface area (Å²) in [7, 11) is 2.13. The highest BCUT2D eigenvalue weighted by atomic mass is 16.1. The highest BCUT2D eigenvalue weighted by Crippen LogP contribution is 2.37. The van der Waals surface area contributed by atoms with Crippen LogP contribution in [0, 0.1) is 16.7 Å². The van der Waals surface area contributed by atoms with Gasteiger partial charge in [-0.2, -0.15) is 0 Å². The molecule has 0 amide bonds. The lowest BCUT2D eigenvalue weighted by atomic mass is 9.89. The smallest absolute Gasteiger partial charge is 0.142 e. The van der Waals surface area contributed by atoms with E-state index in [1.54, 1.807) is 0 Å². The first-order valence-corrected chi connectivity index (χ1v) is 6.35. The van der Waals surface area contributed by atoms with Crippen LogP contribution in [0.25, 0.3) is 0 Å². The summed E-state index contributed by atoms with van der Waals surface area (Å²) in [4.78, 5) is 14.4. The molecule has 16 heavy (non-hydrogen) atoms. The van der Waals surface area contributed by atoms with E-state index in [1.165, 1.54) is 0 Å². The number of nitrogens with zero attached hydrogens (tertiary/aromatic N) is 1. The first-order chi connectivity index (χ1) is 7.12. The van der Waals surface area contributed by atoms with Crippen molar-refractivity contribution in [1.82, 2.24) is 4.90 Å². The summed E-state index contributed by atoms with van der Waals surface area (Å²) in [5.41, 5.74) is 0.235. The minimum absolute atomic E-state index is 0.0762. The summed E-state index contributed by atoms with van der Waals surface area (Å²) < 4.78 is 0. The molecule has 94 valence electrons. The number of carbonyl (C=O) groups is 1. The maximum atomic E-state index is 12.1. The summed E-state index contributed by atoms with van der Waals surface area (Å²) in [6, 6.07) is 0. The Bertz CT molecular complexity index is 262. The first-order valence-electron chi connectivity index (χ1n) is 6.35. The maximum Gasteiger partial charge on any atom is 0.142 e. The minimum atomic E-state index is -0.0762. The van der Waals surface area contributed by atoms with Crippen LogP contribution in [0.4, 0.5) is 0 Å². The van der Waals surface area contributed by atoms with Crippen molar-refractivity contribution in [2.75, 3.05) is 20.1 Å². The quantitative estimate of drug-likeness (QED) is 0.736. The van der Waals surface area contributed by atoms with E-state index in [4.69, 9.17) is 0 Å². The molecule has 1 atom stereocenters. The van der Waals surface area contributed by atoms with E-state index in [0.29, 0.717) is 11.2 Å². The predicted octanol–water partition coefficient (Wildman–Crippen LogP) is 2.97. The summed E-state index contributed by atoms with van der Waals surface area (Å²) in [6.07, 6.45) is 2.13. The largest absolute Gasteiger partial charge is 0.305 e. The van der Waals surface area contributed by atoms with Gasteiger partial charge in [0.1, 0.15) is 5.78 Å². The van der Waals surface area contributed by atoms with Crippen LogP contribution < -0.4 is 0 Å². The van der Waals surface area contributed by atoms with E-state index in [1.807, 2.05) is 0 Å². The van der Waals surface area contributed by atoms with Crippen LogP contribution in [0.15, 0.2) is 0 Å². The third-order valence-corrected chi connectivity index (χ3v) is 3.43. The van der Waals surface area contributed by atoms with E-state index in [2.05, 4.69) is 46.6 Å². The van der Waals surface area contributed by atoms with Crippen molar-refractivity contribution >= 4 is 5.78 Å². The molecular weight excluding hydrogens is 198 g/mol. The number of ketones is 1. The van der Waals surface area contributed by atoms with Crippen LogP contribution in [0.1, 0.15) is 47.5 Å². The van der Waals surface area contributed by atoms with Crippen LogP contribution in [-0.4, -0.2) is 30.8 Å². The van der Waals surface area contributed by atoms with Crippen molar-refractivity contribution in [3.63, 3.8) is 0 Å². The molecule has 0 heterocycles. The zero-order valence-electron chi connectivity index (χ0n) is 11.8. The van der Waals surface area contributed by atoms with Gasteiger partial charge in [-0.15, -0.1) is 0 Å². The number of carbonyl (C=O) groups excluding carboxylic acids is 1.